The minimum Gasteiger partial charge on any atom is -0.493 e. The zero-order chi connectivity index (χ0) is 23.7. The van der Waals surface area contributed by atoms with Crippen LogP contribution in [-0.2, 0) is 16.2 Å². The van der Waals surface area contributed by atoms with E-state index >= 15 is 0 Å². The zero-order valence-electron chi connectivity index (χ0n) is 19.4. The Morgan fingerprint density at radius 1 is 1.00 bits per heavy atom. The minimum atomic E-state index is -4.51. The van der Waals surface area contributed by atoms with Gasteiger partial charge in [-0.05, 0) is 89.1 Å². The second-order valence-corrected chi connectivity index (χ2v) is 12.1. The molecule has 2 heterocycles. The number of sulfonamides is 1. The lowest BCUT2D eigenvalue weighted by Crippen LogP contribution is -2.46. The number of hydrogen-bond donors (Lipinski definition) is 0. The van der Waals surface area contributed by atoms with E-state index in [4.69, 9.17) is 4.74 Å². The standard InChI is InChI=1S/C23H35F3N2O3S/c1-22(2,3)27-11-7-17(8-12-27)16-31-21-6-5-19(15-20(21)23(24,25)26)18-9-13-28(14-10-18)32(4,29)30/h5-6,15,17-18H,7-14,16H2,1-4H3. The second-order valence-electron chi connectivity index (χ2n) is 10.1. The van der Waals surface area contributed by atoms with Crippen molar-refractivity contribution >= 4 is 10.0 Å². The highest BCUT2D eigenvalue weighted by atomic mass is 32.2. The number of ether oxygens (including phenoxy) is 1. The molecule has 0 radical (unpaired) electrons. The summed E-state index contributed by atoms with van der Waals surface area (Å²) >= 11 is 0. The Kier molecular flexibility index (Phi) is 7.52. The van der Waals surface area contributed by atoms with Gasteiger partial charge in [0.1, 0.15) is 5.75 Å². The first kappa shape index (κ1) is 25.3. The summed E-state index contributed by atoms with van der Waals surface area (Å²) in [6, 6.07) is 4.33. The molecule has 0 saturated carbocycles. The number of hydrogen-bond acceptors (Lipinski definition) is 4. The van der Waals surface area contributed by atoms with E-state index in [-0.39, 0.29) is 29.7 Å². The van der Waals surface area contributed by atoms with Crippen molar-refractivity contribution in [1.82, 2.24) is 9.21 Å². The fraction of sp³-hybridized carbons (Fsp3) is 0.739. The normalized spacial score (nSPS) is 21.1. The van der Waals surface area contributed by atoms with Gasteiger partial charge in [-0.2, -0.15) is 13.2 Å². The smallest absolute Gasteiger partial charge is 0.419 e. The highest BCUT2D eigenvalue weighted by Crippen LogP contribution is 2.40. The van der Waals surface area contributed by atoms with Gasteiger partial charge in [0.2, 0.25) is 10.0 Å². The molecule has 32 heavy (non-hydrogen) atoms. The van der Waals surface area contributed by atoms with Gasteiger partial charge in [0.15, 0.2) is 0 Å². The predicted molar refractivity (Wildman–Crippen MR) is 119 cm³/mol. The maximum atomic E-state index is 13.8. The fourth-order valence-corrected chi connectivity index (χ4v) is 5.52. The summed E-state index contributed by atoms with van der Waals surface area (Å²) in [5.41, 5.74) is -0.0493. The van der Waals surface area contributed by atoms with Crippen LogP contribution in [0.15, 0.2) is 18.2 Å². The number of nitrogens with zero attached hydrogens (tertiary/aromatic N) is 2. The third kappa shape index (κ3) is 6.38. The summed E-state index contributed by atoms with van der Waals surface area (Å²) in [6.07, 6.45) is -0.498. The van der Waals surface area contributed by atoms with Crippen LogP contribution in [0.2, 0.25) is 0 Å². The molecule has 0 spiro atoms. The Morgan fingerprint density at radius 2 is 1.59 bits per heavy atom. The quantitative estimate of drug-likeness (QED) is 0.616. The summed E-state index contributed by atoms with van der Waals surface area (Å²) in [5.74, 6) is 0.0348. The van der Waals surface area contributed by atoms with Crippen LogP contribution < -0.4 is 4.74 Å². The van der Waals surface area contributed by atoms with Crippen LogP contribution in [-0.4, -0.2) is 62.2 Å². The van der Waals surface area contributed by atoms with E-state index in [1.165, 1.54) is 16.4 Å². The summed E-state index contributed by atoms with van der Waals surface area (Å²) in [5, 5.41) is 0. The van der Waals surface area contributed by atoms with Crippen molar-refractivity contribution in [1.29, 1.82) is 0 Å². The van der Waals surface area contributed by atoms with Crippen LogP contribution in [0, 0.1) is 5.92 Å². The third-order valence-electron chi connectivity index (χ3n) is 6.74. The predicted octanol–water partition coefficient (Wildman–Crippen LogP) is 4.73. The van der Waals surface area contributed by atoms with Gasteiger partial charge in [0.25, 0.3) is 0 Å². The molecule has 2 saturated heterocycles. The van der Waals surface area contributed by atoms with Crippen molar-refractivity contribution in [3.63, 3.8) is 0 Å². The van der Waals surface area contributed by atoms with Crippen LogP contribution in [0.4, 0.5) is 13.2 Å². The molecule has 1 aromatic rings. The molecule has 182 valence electrons. The molecule has 0 aliphatic carbocycles. The van der Waals surface area contributed by atoms with Gasteiger partial charge >= 0.3 is 6.18 Å². The molecule has 0 atom stereocenters. The molecule has 1 aromatic carbocycles. The van der Waals surface area contributed by atoms with Crippen molar-refractivity contribution in [3.8, 4) is 5.75 Å². The zero-order valence-corrected chi connectivity index (χ0v) is 20.2. The Bertz CT molecular complexity index is 881. The Balaban J connectivity index is 1.65. The minimum absolute atomic E-state index is 0.0927. The molecule has 9 heteroatoms. The molecule has 0 amide bonds. The summed E-state index contributed by atoms with van der Waals surface area (Å²) in [7, 11) is -3.27. The number of rotatable bonds is 5. The molecule has 0 aromatic heterocycles. The Morgan fingerprint density at radius 3 is 2.09 bits per heavy atom. The maximum absolute atomic E-state index is 13.8. The average Bonchev–Trinajstić information content (AvgIpc) is 2.70. The summed E-state index contributed by atoms with van der Waals surface area (Å²) in [6.45, 7) is 9.31. The molecule has 2 fully saturated rings. The van der Waals surface area contributed by atoms with Crippen LogP contribution in [0.25, 0.3) is 0 Å². The first-order valence-electron chi connectivity index (χ1n) is 11.3. The van der Waals surface area contributed by atoms with Crippen molar-refractivity contribution in [2.24, 2.45) is 5.92 Å². The van der Waals surface area contributed by atoms with E-state index < -0.39 is 21.8 Å². The van der Waals surface area contributed by atoms with Crippen molar-refractivity contribution in [3.05, 3.63) is 29.3 Å². The van der Waals surface area contributed by atoms with Crippen molar-refractivity contribution < 1.29 is 26.3 Å². The van der Waals surface area contributed by atoms with Crippen molar-refractivity contribution in [2.75, 3.05) is 39.0 Å². The van der Waals surface area contributed by atoms with Gasteiger partial charge in [-0.25, -0.2) is 12.7 Å². The Labute approximate surface area is 190 Å². The first-order chi connectivity index (χ1) is 14.7. The molecule has 0 unspecified atom stereocenters. The lowest BCUT2D eigenvalue weighted by atomic mass is 9.89. The average molecular weight is 477 g/mol. The van der Waals surface area contributed by atoms with E-state index in [9.17, 15) is 21.6 Å². The number of likely N-dealkylation sites (tertiary alicyclic amines) is 1. The lowest BCUT2D eigenvalue weighted by Gasteiger charge is -2.40. The van der Waals surface area contributed by atoms with E-state index in [1.807, 2.05) is 0 Å². The Hall–Kier alpha value is -1.32. The van der Waals surface area contributed by atoms with Crippen molar-refractivity contribution in [2.45, 2.75) is 64.1 Å². The molecule has 5 nitrogen and oxygen atoms in total. The third-order valence-corrected chi connectivity index (χ3v) is 8.04. The van der Waals surface area contributed by atoms with Gasteiger partial charge < -0.3 is 4.74 Å². The van der Waals surface area contributed by atoms with Crippen LogP contribution in [0.5, 0.6) is 5.75 Å². The summed E-state index contributed by atoms with van der Waals surface area (Å²) < 4.78 is 71.8. The number of piperidine rings is 2. The lowest BCUT2D eigenvalue weighted by molar-refractivity contribution is -0.139. The summed E-state index contributed by atoms with van der Waals surface area (Å²) in [4.78, 5) is 2.40. The van der Waals surface area contributed by atoms with Gasteiger partial charge in [0.05, 0.1) is 18.4 Å². The molecule has 0 N–H and O–H groups in total. The van der Waals surface area contributed by atoms with E-state index in [0.717, 1.165) is 32.2 Å². The highest BCUT2D eigenvalue weighted by molar-refractivity contribution is 7.88. The van der Waals surface area contributed by atoms with Gasteiger partial charge in [-0.3, -0.25) is 4.90 Å². The monoisotopic (exact) mass is 476 g/mol. The number of benzene rings is 1. The molecular weight excluding hydrogens is 441 g/mol. The number of halogens is 3. The topological polar surface area (TPSA) is 49.9 Å². The maximum Gasteiger partial charge on any atom is 0.419 e. The molecular formula is C23H35F3N2O3S. The largest absolute Gasteiger partial charge is 0.493 e. The van der Waals surface area contributed by atoms with E-state index in [2.05, 4.69) is 25.7 Å². The fourth-order valence-electron chi connectivity index (χ4n) is 4.65. The van der Waals surface area contributed by atoms with Gasteiger partial charge in [-0.15, -0.1) is 0 Å². The highest BCUT2D eigenvalue weighted by Gasteiger charge is 2.36. The second kappa shape index (κ2) is 9.50. The molecule has 3 rings (SSSR count). The van der Waals surface area contributed by atoms with Gasteiger partial charge in [-0.1, -0.05) is 6.07 Å². The van der Waals surface area contributed by atoms with Crippen LogP contribution in [0.1, 0.15) is 63.5 Å². The SMILES string of the molecule is CC(C)(C)N1CCC(COc2ccc(C3CCN(S(C)(=O)=O)CC3)cc2C(F)(F)F)CC1. The first-order valence-corrected chi connectivity index (χ1v) is 13.1. The molecule has 2 aliphatic rings. The molecule has 0 bridgehead atoms. The molecule has 2 aliphatic heterocycles. The van der Waals surface area contributed by atoms with E-state index in [1.54, 1.807) is 6.07 Å². The van der Waals surface area contributed by atoms with Crippen LogP contribution in [0.3, 0.4) is 0 Å². The van der Waals surface area contributed by atoms with Crippen LogP contribution >= 0.6 is 0 Å². The number of alkyl halides is 3. The van der Waals surface area contributed by atoms with Gasteiger partial charge in [0, 0.05) is 18.6 Å². The van der Waals surface area contributed by atoms with E-state index in [0.29, 0.717) is 31.5 Å².